The van der Waals surface area contributed by atoms with E-state index in [1.165, 1.54) is 43.2 Å². The van der Waals surface area contributed by atoms with E-state index in [1.54, 1.807) is 0 Å². The lowest BCUT2D eigenvalue weighted by atomic mass is 9.96. The van der Waals surface area contributed by atoms with Crippen molar-refractivity contribution in [3.8, 4) is 5.75 Å². The standard InChI is InChI=1S/C20H23NO/c1-3-7-17(8-4-1)11-12-18-13-15-20(16-14-18)22-21-19-9-5-2-6-10-19/h1,3-4,7-8,11-16,19,21H,2,5-6,9-10H2/b12-11-. The molecule has 1 aliphatic rings. The van der Waals surface area contributed by atoms with Crippen molar-refractivity contribution in [2.24, 2.45) is 0 Å². The molecule has 0 atom stereocenters. The van der Waals surface area contributed by atoms with Gasteiger partial charge in [-0.1, -0.05) is 73.9 Å². The van der Waals surface area contributed by atoms with E-state index in [4.69, 9.17) is 4.84 Å². The van der Waals surface area contributed by atoms with Crippen LogP contribution in [0.2, 0.25) is 0 Å². The third-order valence-corrected chi connectivity index (χ3v) is 4.10. The summed E-state index contributed by atoms with van der Waals surface area (Å²) in [6.07, 6.45) is 10.7. The highest BCUT2D eigenvalue weighted by atomic mass is 16.6. The van der Waals surface area contributed by atoms with E-state index >= 15 is 0 Å². The summed E-state index contributed by atoms with van der Waals surface area (Å²) in [7, 11) is 0. The maximum atomic E-state index is 5.69. The molecule has 0 saturated heterocycles. The summed E-state index contributed by atoms with van der Waals surface area (Å²) in [6, 6.07) is 19.0. The summed E-state index contributed by atoms with van der Waals surface area (Å²) < 4.78 is 0. The van der Waals surface area contributed by atoms with Crippen molar-refractivity contribution in [3.05, 3.63) is 65.7 Å². The fourth-order valence-corrected chi connectivity index (χ4v) is 2.78. The summed E-state index contributed by atoms with van der Waals surface area (Å²) in [5, 5.41) is 0. The minimum absolute atomic E-state index is 0.506. The average Bonchev–Trinajstić information content (AvgIpc) is 2.61. The van der Waals surface area contributed by atoms with Crippen molar-refractivity contribution in [1.82, 2.24) is 5.48 Å². The average molecular weight is 293 g/mol. The van der Waals surface area contributed by atoms with Crippen LogP contribution in [0.4, 0.5) is 0 Å². The lowest BCUT2D eigenvalue weighted by Crippen LogP contribution is -2.33. The summed E-state index contributed by atoms with van der Waals surface area (Å²) in [4.78, 5) is 5.69. The Bertz CT molecular complexity index is 583. The molecule has 0 radical (unpaired) electrons. The number of hydroxylamine groups is 1. The highest BCUT2D eigenvalue weighted by Crippen LogP contribution is 2.19. The Balaban J connectivity index is 1.52. The van der Waals surface area contributed by atoms with E-state index in [1.807, 2.05) is 30.3 Å². The third-order valence-electron chi connectivity index (χ3n) is 4.10. The maximum Gasteiger partial charge on any atom is 0.147 e. The van der Waals surface area contributed by atoms with E-state index in [0.717, 1.165) is 5.75 Å². The zero-order valence-electron chi connectivity index (χ0n) is 12.9. The molecule has 1 fully saturated rings. The molecule has 22 heavy (non-hydrogen) atoms. The van der Waals surface area contributed by atoms with Gasteiger partial charge in [-0.2, -0.15) is 5.48 Å². The molecular formula is C20H23NO. The molecule has 2 aromatic carbocycles. The predicted molar refractivity (Wildman–Crippen MR) is 92.4 cm³/mol. The molecule has 114 valence electrons. The van der Waals surface area contributed by atoms with Gasteiger partial charge >= 0.3 is 0 Å². The zero-order chi connectivity index (χ0) is 15.0. The second-order valence-corrected chi connectivity index (χ2v) is 5.87. The van der Waals surface area contributed by atoms with Crippen LogP contribution < -0.4 is 10.3 Å². The zero-order valence-corrected chi connectivity index (χ0v) is 12.9. The smallest absolute Gasteiger partial charge is 0.147 e. The third kappa shape index (κ3) is 4.47. The largest absolute Gasteiger partial charge is 0.408 e. The monoisotopic (exact) mass is 293 g/mol. The van der Waals surface area contributed by atoms with Crippen molar-refractivity contribution in [3.63, 3.8) is 0 Å². The van der Waals surface area contributed by atoms with Crippen LogP contribution in [0.1, 0.15) is 43.2 Å². The number of hydrogen-bond acceptors (Lipinski definition) is 2. The van der Waals surface area contributed by atoms with Gasteiger partial charge in [0.15, 0.2) is 0 Å². The highest BCUT2D eigenvalue weighted by Gasteiger charge is 2.13. The van der Waals surface area contributed by atoms with Gasteiger partial charge in [0.2, 0.25) is 0 Å². The van der Waals surface area contributed by atoms with Gasteiger partial charge in [-0.05, 0) is 36.1 Å². The molecule has 0 bridgehead atoms. The lowest BCUT2D eigenvalue weighted by Gasteiger charge is -2.22. The van der Waals surface area contributed by atoms with Crippen LogP contribution in [0, 0.1) is 0 Å². The van der Waals surface area contributed by atoms with Gasteiger partial charge in [0.1, 0.15) is 5.75 Å². The molecule has 0 spiro atoms. The van der Waals surface area contributed by atoms with Crippen LogP contribution in [0.25, 0.3) is 12.2 Å². The molecule has 0 unspecified atom stereocenters. The van der Waals surface area contributed by atoms with Crippen LogP contribution in [0.3, 0.4) is 0 Å². The Morgan fingerprint density at radius 3 is 2.09 bits per heavy atom. The second-order valence-electron chi connectivity index (χ2n) is 5.87. The molecule has 3 rings (SSSR count). The first-order chi connectivity index (χ1) is 10.9. The van der Waals surface area contributed by atoms with Gasteiger partial charge < -0.3 is 4.84 Å². The molecule has 0 amide bonds. The van der Waals surface area contributed by atoms with Gasteiger partial charge in [0.25, 0.3) is 0 Å². The quantitative estimate of drug-likeness (QED) is 0.613. The molecule has 2 heteroatoms. The number of benzene rings is 2. The van der Waals surface area contributed by atoms with Crippen molar-refractivity contribution in [2.75, 3.05) is 0 Å². The second kappa shape index (κ2) is 7.81. The molecule has 2 nitrogen and oxygen atoms in total. The Morgan fingerprint density at radius 1 is 0.773 bits per heavy atom. The van der Waals surface area contributed by atoms with Gasteiger partial charge in [0.05, 0.1) is 0 Å². The minimum Gasteiger partial charge on any atom is -0.408 e. The van der Waals surface area contributed by atoms with Gasteiger partial charge in [0, 0.05) is 6.04 Å². The minimum atomic E-state index is 0.506. The molecule has 0 aliphatic heterocycles. The first kappa shape index (κ1) is 14.9. The number of nitrogens with one attached hydrogen (secondary N) is 1. The van der Waals surface area contributed by atoms with Crippen LogP contribution in [0.15, 0.2) is 54.6 Å². The van der Waals surface area contributed by atoms with E-state index in [9.17, 15) is 0 Å². The molecular weight excluding hydrogens is 270 g/mol. The van der Waals surface area contributed by atoms with Crippen LogP contribution in [0.5, 0.6) is 5.75 Å². The number of hydrogen-bond donors (Lipinski definition) is 1. The summed E-state index contributed by atoms with van der Waals surface area (Å²) in [6.45, 7) is 0. The first-order valence-electron chi connectivity index (χ1n) is 8.16. The lowest BCUT2D eigenvalue weighted by molar-refractivity contribution is 0.133. The fourth-order valence-electron chi connectivity index (χ4n) is 2.78. The predicted octanol–water partition coefficient (Wildman–Crippen LogP) is 5.07. The molecule has 0 aromatic heterocycles. The van der Waals surface area contributed by atoms with Crippen molar-refractivity contribution in [2.45, 2.75) is 38.1 Å². The van der Waals surface area contributed by atoms with Crippen LogP contribution in [-0.4, -0.2) is 6.04 Å². The Morgan fingerprint density at radius 2 is 1.41 bits per heavy atom. The van der Waals surface area contributed by atoms with E-state index in [-0.39, 0.29) is 0 Å². The van der Waals surface area contributed by atoms with Crippen LogP contribution >= 0.6 is 0 Å². The van der Waals surface area contributed by atoms with E-state index in [0.29, 0.717) is 6.04 Å². The van der Waals surface area contributed by atoms with Gasteiger partial charge in [-0.3, -0.25) is 0 Å². The van der Waals surface area contributed by atoms with Crippen molar-refractivity contribution < 1.29 is 4.84 Å². The topological polar surface area (TPSA) is 21.3 Å². The van der Waals surface area contributed by atoms with Crippen LogP contribution in [-0.2, 0) is 0 Å². The molecule has 0 heterocycles. The summed E-state index contributed by atoms with van der Waals surface area (Å²) in [5.74, 6) is 0.877. The Kier molecular flexibility index (Phi) is 5.27. The van der Waals surface area contributed by atoms with Gasteiger partial charge in [-0.25, -0.2) is 0 Å². The normalized spacial score (nSPS) is 16.0. The Hall–Kier alpha value is -2.06. The SMILES string of the molecule is C(=C/c1ccc(ONC2CCCCC2)cc1)/c1ccccc1. The van der Waals surface area contributed by atoms with E-state index < -0.39 is 0 Å². The van der Waals surface area contributed by atoms with Gasteiger partial charge in [-0.15, -0.1) is 0 Å². The first-order valence-corrected chi connectivity index (χ1v) is 8.16. The number of rotatable bonds is 5. The van der Waals surface area contributed by atoms with E-state index in [2.05, 4.69) is 41.9 Å². The summed E-state index contributed by atoms with van der Waals surface area (Å²) >= 11 is 0. The highest BCUT2D eigenvalue weighted by molar-refractivity contribution is 5.69. The maximum absolute atomic E-state index is 5.69. The fraction of sp³-hybridized carbons (Fsp3) is 0.300. The molecule has 1 aliphatic carbocycles. The van der Waals surface area contributed by atoms with Crippen molar-refractivity contribution in [1.29, 1.82) is 0 Å². The van der Waals surface area contributed by atoms with Crippen molar-refractivity contribution >= 4 is 12.2 Å². The summed E-state index contributed by atoms with van der Waals surface area (Å²) in [5.41, 5.74) is 5.58. The molecule has 1 N–H and O–H groups in total. The molecule has 1 saturated carbocycles. The molecule has 2 aromatic rings. The Labute approximate surface area is 132 Å².